The van der Waals surface area contributed by atoms with Crippen LogP contribution in [0.3, 0.4) is 0 Å². The van der Waals surface area contributed by atoms with Crippen molar-refractivity contribution in [2.75, 3.05) is 14.2 Å². The van der Waals surface area contributed by atoms with E-state index in [4.69, 9.17) is 9.47 Å². The molecule has 0 amide bonds. The van der Waals surface area contributed by atoms with Gasteiger partial charge in [0.15, 0.2) is 17.8 Å². The van der Waals surface area contributed by atoms with E-state index in [1.54, 1.807) is 0 Å². The maximum Gasteiger partial charge on any atom is 0.264 e. The second-order valence-corrected chi connectivity index (χ2v) is 2.75. The number of carbonyl (C=O) groups excluding carboxylic acids is 1. The first kappa shape index (κ1) is 11.4. The van der Waals surface area contributed by atoms with Gasteiger partial charge in [-0.1, -0.05) is 0 Å². The Bertz CT molecular complexity index is 364. The summed E-state index contributed by atoms with van der Waals surface area (Å²) in [4.78, 5) is 10.6. The van der Waals surface area contributed by atoms with Crippen LogP contribution in [0.25, 0.3) is 0 Å². The van der Waals surface area contributed by atoms with E-state index in [-0.39, 0.29) is 22.6 Å². The predicted octanol–water partition coefficient (Wildman–Crippen LogP) is 2.45. The molecule has 0 saturated carbocycles. The van der Waals surface area contributed by atoms with Gasteiger partial charge >= 0.3 is 0 Å². The standard InChI is InChI=1S/C10H10F2O3/c1-14-8-3-6(5-13)7(10(11)12)4-9(8)15-2/h3-5,10H,1-2H3. The highest BCUT2D eigenvalue weighted by molar-refractivity contribution is 5.79. The van der Waals surface area contributed by atoms with Crippen molar-refractivity contribution in [1.29, 1.82) is 0 Å². The van der Waals surface area contributed by atoms with Gasteiger partial charge in [0.1, 0.15) is 0 Å². The predicted molar refractivity (Wildman–Crippen MR) is 49.9 cm³/mol. The smallest absolute Gasteiger partial charge is 0.264 e. The number of hydrogen-bond donors (Lipinski definition) is 0. The molecule has 82 valence electrons. The van der Waals surface area contributed by atoms with Gasteiger partial charge in [0.05, 0.1) is 14.2 Å². The average molecular weight is 216 g/mol. The fourth-order valence-corrected chi connectivity index (χ4v) is 1.20. The highest BCUT2D eigenvalue weighted by Gasteiger charge is 2.17. The molecule has 0 aliphatic rings. The maximum atomic E-state index is 12.5. The first-order valence-electron chi connectivity index (χ1n) is 4.13. The lowest BCUT2D eigenvalue weighted by Crippen LogP contribution is -1.98. The van der Waals surface area contributed by atoms with Crippen LogP contribution < -0.4 is 9.47 Å². The van der Waals surface area contributed by atoms with E-state index < -0.39 is 6.43 Å². The summed E-state index contributed by atoms with van der Waals surface area (Å²) in [6.07, 6.45) is -2.35. The summed E-state index contributed by atoms with van der Waals surface area (Å²) in [7, 11) is 2.71. The van der Waals surface area contributed by atoms with Gasteiger partial charge < -0.3 is 9.47 Å². The maximum absolute atomic E-state index is 12.5. The quantitative estimate of drug-likeness (QED) is 0.725. The topological polar surface area (TPSA) is 35.5 Å². The molecule has 3 nitrogen and oxygen atoms in total. The summed E-state index contributed by atoms with van der Waals surface area (Å²) in [6, 6.07) is 2.33. The second kappa shape index (κ2) is 4.72. The minimum Gasteiger partial charge on any atom is -0.493 e. The van der Waals surface area contributed by atoms with Crippen molar-refractivity contribution in [3.63, 3.8) is 0 Å². The van der Waals surface area contributed by atoms with Crippen molar-refractivity contribution in [3.8, 4) is 11.5 Å². The summed E-state index contributed by atoms with van der Waals surface area (Å²) in [5, 5.41) is 0. The summed E-state index contributed by atoms with van der Waals surface area (Å²) in [5.41, 5.74) is -0.453. The van der Waals surface area contributed by atoms with Crippen LogP contribution in [0.2, 0.25) is 0 Å². The van der Waals surface area contributed by atoms with E-state index >= 15 is 0 Å². The number of methoxy groups -OCH3 is 2. The number of alkyl halides is 2. The van der Waals surface area contributed by atoms with Gasteiger partial charge in [0.25, 0.3) is 6.43 Å². The fourth-order valence-electron chi connectivity index (χ4n) is 1.20. The first-order chi connectivity index (χ1) is 7.13. The highest BCUT2D eigenvalue weighted by Crippen LogP contribution is 2.34. The molecule has 15 heavy (non-hydrogen) atoms. The van der Waals surface area contributed by atoms with Crippen molar-refractivity contribution >= 4 is 6.29 Å². The van der Waals surface area contributed by atoms with Gasteiger partial charge in [-0.05, 0) is 12.1 Å². The van der Waals surface area contributed by atoms with Crippen LogP contribution in [0.5, 0.6) is 11.5 Å². The van der Waals surface area contributed by atoms with Gasteiger partial charge in [-0.2, -0.15) is 0 Å². The van der Waals surface area contributed by atoms with Gasteiger partial charge in [-0.15, -0.1) is 0 Å². The highest BCUT2D eigenvalue weighted by atomic mass is 19.3. The molecular weight excluding hydrogens is 206 g/mol. The minimum atomic E-state index is -2.72. The lowest BCUT2D eigenvalue weighted by atomic mass is 10.1. The molecule has 0 radical (unpaired) electrons. The lowest BCUT2D eigenvalue weighted by Gasteiger charge is -2.11. The SMILES string of the molecule is COc1cc(C=O)c(C(F)F)cc1OC. The molecule has 0 N–H and O–H groups in total. The Labute approximate surface area is 85.6 Å². The van der Waals surface area contributed by atoms with Crippen molar-refractivity contribution in [2.24, 2.45) is 0 Å². The Kier molecular flexibility index (Phi) is 3.60. The molecule has 0 unspecified atom stereocenters. The van der Waals surface area contributed by atoms with Crippen LogP contribution in [-0.2, 0) is 0 Å². The van der Waals surface area contributed by atoms with E-state index in [0.717, 1.165) is 6.07 Å². The molecule has 1 rings (SSSR count). The first-order valence-corrected chi connectivity index (χ1v) is 4.13. The number of rotatable bonds is 4. The normalized spacial score (nSPS) is 10.2. The molecule has 0 aromatic heterocycles. The number of aldehydes is 1. The average Bonchev–Trinajstić information content (AvgIpc) is 2.26. The molecule has 0 saturated heterocycles. The van der Waals surface area contributed by atoms with E-state index in [0.29, 0.717) is 6.29 Å². The van der Waals surface area contributed by atoms with Crippen LogP contribution in [0, 0.1) is 0 Å². The third kappa shape index (κ3) is 2.23. The Morgan fingerprint density at radius 2 is 1.73 bits per heavy atom. The van der Waals surface area contributed by atoms with Gasteiger partial charge in [-0.3, -0.25) is 4.79 Å². The minimum absolute atomic E-state index is 0.0948. The zero-order valence-corrected chi connectivity index (χ0v) is 8.29. The Morgan fingerprint density at radius 3 is 2.13 bits per heavy atom. The zero-order chi connectivity index (χ0) is 11.4. The molecule has 0 aliphatic carbocycles. The van der Waals surface area contributed by atoms with Crippen LogP contribution in [0.1, 0.15) is 22.3 Å². The zero-order valence-electron chi connectivity index (χ0n) is 8.29. The summed E-state index contributed by atoms with van der Waals surface area (Å²) in [5.74, 6) is 0.433. The lowest BCUT2D eigenvalue weighted by molar-refractivity contribution is 0.110. The molecule has 0 fully saturated rings. The molecule has 0 bridgehead atoms. The Hall–Kier alpha value is -1.65. The molecule has 0 aliphatic heterocycles. The second-order valence-electron chi connectivity index (χ2n) is 2.75. The van der Waals surface area contributed by atoms with E-state index in [1.807, 2.05) is 0 Å². The molecule has 5 heteroatoms. The Morgan fingerprint density at radius 1 is 1.20 bits per heavy atom. The summed E-state index contributed by atoms with van der Waals surface area (Å²) >= 11 is 0. The monoisotopic (exact) mass is 216 g/mol. The molecule has 1 aromatic carbocycles. The van der Waals surface area contributed by atoms with Crippen LogP contribution >= 0.6 is 0 Å². The largest absolute Gasteiger partial charge is 0.493 e. The number of hydrogen-bond acceptors (Lipinski definition) is 3. The van der Waals surface area contributed by atoms with Crippen molar-refractivity contribution < 1.29 is 23.0 Å². The van der Waals surface area contributed by atoms with Gasteiger partial charge in [0.2, 0.25) is 0 Å². The number of carbonyl (C=O) groups is 1. The van der Waals surface area contributed by atoms with Gasteiger partial charge in [-0.25, -0.2) is 8.78 Å². The van der Waals surface area contributed by atoms with Crippen LogP contribution in [0.4, 0.5) is 8.78 Å². The summed E-state index contributed by atoms with van der Waals surface area (Å²) < 4.78 is 34.8. The van der Waals surface area contributed by atoms with Gasteiger partial charge in [0, 0.05) is 11.1 Å². The van der Waals surface area contributed by atoms with E-state index in [2.05, 4.69) is 0 Å². The summed E-state index contributed by atoms with van der Waals surface area (Å²) in [6.45, 7) is 0. The molecular formula is C10H10F2O3. The van der Waals surface area contributed by atoms with Crippen molar-refractivity contribution in [1.82, 2.24) is 0 Å². The van der Waals surface area contributed by atoms with E-state index in [1.165, 1.54) is 20.3 Å². The number of benzene rings is 1. The van der Waals surface area contributed by atoms with E-state index in [9.17, 15) is 13.6 Å². The number of halogens is 2. The third-order valence-electron chi connectivity index (χ3n) is 1.95. The molecule has 1 aromatic rings. The van der Waals surface area contributed by atoms with Crippen LogP contribution in [-0.4, -0.2) is 20.5 Å². The molecule has 0 atom stereocenters. The fraction of sp³-hybridized carbons (Fsp3) is 0.300. The molecule has 0 heterocycles. The number of ether oxygens (including phenoxy) is 2. The van der Waals surface area contributed by atoms with Crippen molar-refractivity contribution in [3.05, 3.63) is 23.3 Å². The van der Waals surface area contributed by atoms with Crippen LogP contribution in [0.15, 0.2) is 12.1 Å². The molecule has 0 spiro atoms. The Balaban J connectivity index is 3.34. The van der Waals surface area contributed by atoms with Crippen molar-refractivity contribution in [2.45, 2.75) is 6.43 Å². The third-order valence-corrected chi connectivity index (χ3v) is 1.95.